The molecule has 1 aliphatic heterocycles. The van der Waals surface area contributed by atoms with Crippen LogP contribution in [-0.4, -0.2) is 56.8 Å². The van der Waals surface area contributed by atoms with Crippen LogP contribution in [0.25, 0.3) is 0 Å². The number of carbonyl (C=O) groups is 3. The fraction of sp³-hybridized carbons (Fsp3) is 0.600. The Labute approximate surface area is 140 Å². The third kappa shape index (κ3) is 4.10. The highest BCUT2D eigenvalue weighted by Crippen LogP contribution is 2.19. The van der Waals surface area contributed by atoms with Crippen molar-refractivity contribution in [3.63, 3.8) is 0 Å². The molecule has 9 nitrogen and oxygen atoms in total. The van der Waals surface area contributed by atoms with Gasteiger partial charge in [0.2, 0.25) is 17.7 Å². The third-order valence-electron chi connectivity index (χ3n) is 4.03. The van der Waals surface area contributed by atoms with Crippen LogP contribution in [0.4, 0.5) is 0 Å². The van der Waals surface area contributed by atoms with E-state index < -0.39 is 29.4 Å². The molecule has 1 aromatic rings. The van der Waals surface area contributed by atoms with Crippen molar-refractivity contribution in [1.29, 1.82) is 0 Å². The van der Waals surface area contributed by atoms with Gasteiger partial charge in [0.15, 0.2) is 0 Å². The summed E-state index contributed by atoms with van der Waals surface area (Å²) in [5, 5.41) is 2.68. The van der Waals surface area contributed by atoms with Gasteiger partial charge in [-0.05, 0) is 26.7 Å². The van der Waals surface area contributed by atoms with Gasteiger partial charge in [0.05, 0.1) is 11.9 Å². The van der Waals surface area contributed by atoms with E-state index in [0.29, 0.717) is 25.1 Å². The molecule has 0 unspecified atom stereocenters. The lowest BCUT2D eigenvalue weighted by molar-refractivity contribution is -0.141. The van der Waals surface area contributed by atoms with Gasteiger partial charge in [0, 0.05) is 24.9 Å². The molecule has 0 saturated carbocycles. The van der Waals surface area contributed by atoms with E-state index in [4.69, 9.17) is 11.5 Å². The van der Waals surface area contributed by atoms with Crippen molar-refractivity contribution in [2.45, 2.75) is 50.7 Å². The van der Waals surface area contributed by atoms with Crippen LogP contribution in [0.2, 0.25) is 0 Å². The number of amides is 3. The van der Waals surface area contributed by atoms with Gasteiger partial charge in [0.25, 0.3) is 0 Å². The van der Waals surface area contributed by atoms with Gasteiger partial charge in [-0.25, -0.2) is 4.98 Å². The minimum atomic E-state index is -1.12. The number of aromatic nitrogens is 2. The van der Waals surface area contributed by atoms with Crippen LogP contribution in [0, 0.1) is 0 Å². The highest BCUT2D eigenvalue weighted by atomic mass is 16.2. The second-order valence-corrected chi connectivity index (χ2v) is 6.62. The number of H-pyrrole nitrogens is 1. The van der Waals surface area contributed by atoms with Gasteiger partial charge < -0.3 is 26.7 Å². The molecule has 2 heterocycles. The Morgan fingerprint density at radius 2 is 2.21 bits per heavy atom. The van der Waals surface area contributed by atoms with Crippen molar-refractivity contribution >= 4 is 17.7 Å². The molecule has 2 rings (SSSR count). The summed E-state index contributed by atoms with van der Waals surface area (Å²) in [5.74, 6) is -1.33. The van der Waals surface area contributed by atoms with Gasteiger partial charge in [-0.15, -0.1) is 0 Å². The third-order valence-corrected chi connectivity index (χ3v) is 4.03. The molecule has 0 aromatic carbocycles. The van der Waals surface area contributed by atoms with Crippen molar-refractivity contribution in [3.8, 4) is 0 Å². The Bertz CT molecular complexity index is 607. The van der Waals surface area contributed by atoms with Gasteiger partial charge in [-0.1, -0.05) is 0 Å². The number of carbonyl (C=O) groups excluding carboxylic acids is 3. The van der Waals surface area contributed by atoms with E-state index in [-0.39, 0.29) is 12.3 Å². The zero-order chi connectivity index (χ0) is 17.9. The Kier molecular flexibility index (Phi) is 5.23. The van der Waals surface area contributed by atoms with Gasteiger partial charge in [-0.3, -0.25) is 14.4 Å². The molecule has 0 spiro atoms. The molecule has 0 radical (unpaired) electrons. The Morgan fingerprint density at radius 3 is 2.75 bits per heavy atom. The number of rotatable bonds is 6. The second kappa shape index (κ2) is 7.00. The molecule has 0 bridgehead atoms. The summed E-state index contributed by atoms with van der Waals surface area (Å²) < 4.78 is 0. The average Bonchev–Trinajstić information content (AvgIpc) is 3.15. The first-order valence-electron chi connectivity index (χ1n) is 7.87. The number of nitrogens with one attached hydrogen (secondary N) is 2. The number of hydrogen-bond donors (Lipinski definition) is 4. The van der Waals surface area contributed by atoms with Crippen LogP contribution in [0.15, 0.2) is 12.5 Å². The molecule has 0 aliphatic carbocycles. The Balaban J connectivity index is 2.19. The van der Waals surface area contributed by atoms with E-state index in [1.54, 1.807) is 20.0 Å². The van der Waals surface area contributed by atoms with Crippen molar-refractivity contribution < 1.29 is 14.4 Å². The van der Waals surface area contributed by atoms with Crippen LogP contribution < -0.4 is 16.8 Å². The largest absolute Gasteiger partial charge is 0.368 e. The number of nitrogens with two attached hydrogens (primary N) is 2. The van der Waals surface area contributed by atoms with Crippen LogP contribution in [0.5, 0.6) is 0 Å². The minimum absolute atomic E-state index is 0.225. The molecule has 3 amide bonds. The summed E-state index contributed by atoms with van der Waals surface area (Å²) in [7, 11) is 0. The summed E-state index contributed by atoms with van der Waals surface area (Å²) in [4.78, 5) is 44.9. The number of aromatic amines is 1. The number of likely N-dealkylation sites (tertiary alicyclic amines) is 1. The quantitative estimate of drug-likeness (QED) is 0.507. The van der Waals surface area contributed by atoms with E-state index in [2.05, 4.69) is 15.3 Å². The molecule has 1 saturated heterocycles. The lowest BCUT2D eigenvalue weighted by Gasteiger charge is -2.29. The zero-order valence-electron chi connectivity index (χ0n) is 13.9. The predicted molar refractivity (Wildman–Crippen MR) is 86.4 cm³/mol. The molecule has 2 atom stereocenters. The van der Waals surface area contributed by atoms with Crippen molar-refractivity contribution in [3.05, 3.63) is 18.2 Å². The lowest BCUT2D eigenvalue weighted by Crippen LogP contribution is -2.58. The monoisotopic (exact) mass is 336 g/mol. The van der Waals surface area contributed by atoms with Crippen molar-refractivity contribution in [2.75, 3.05) is 6.54 Å². The predicted octanol–water partition coefficient (Wildman–Crippen LogP) is -1.35. The number of primary amides is 1. The number of nitrogens with zero attached hydrogens (tertiary/aromatic N) is 2. The lowest BCUT2D eigenvalue weighted by atomic mass is 10.0. The standard InChI is InChI=1S/C15H24N6O3/c1-15(2,17)14(24)20-10(6-9-7-18-8-19-9)13(23)21-5-3-4-11(21)12(16)22/h7-8,10-11H,3-6,17H2,1-2H3,(H2,16,22)(H,18,19)(H,20,24)/t10-,11-/m0/s1. The molecular formula is C15H24N6O3. The van der Waals surface area contributed by atoms with Crippen LogP contribution in [-0.2, 0) is 20.8 Å². The average molecular weight is 336 g/mol. The van der Waals surface area contributed by atoms with E-state index >= 15 is 0 Å². The highest BCUT2D eigenvalue weighted by molar-refractivity contribution is 5.94. The maximum atomic E-state index is 12.9. The van der Waals surface area contributed by atoms with E-state index in [1.807, 2.05) is 0 Å². The van der Waals surface area contributed by atoms with Crippen LogP contribution in [0.1, 0.15) is 32.4 Å². The molecule has 132 valence electrons. The highest BCUT2D eigenvalue weighted by Gasteiger charge is 2.37. The molecule has 24 heavy (non-hydrogen) atoms. The second-order valence-electron chi connectivity index (χ2n) is 6.62. The first kappa shape index (κ1) is 17.9. The van der Waals surface area contributed by atoms with E-state index in [1.165, 1.54) is 11.2 Å². The summed E-state index contributed by atoms with van der Waals surface area (Å²) in [6.07, 6.45) is 4.53. The van der Waals surface area contributed by atoms with Gasteiger partial charge >= 0.3 is 0 Å². The number of imidazole rings is 1. The summed E-state index contributed by atoms with van der Waals surface area (Å²) >= 11 is 0. The zero-order valence-corrected chi connectivity index (χ0v) is 13.9. The fourth-order valence-corrected chi connectivity index (χ4v) is 2.69. The number of hydrogen-bond acceptors (Lipinski definition) is 5. The summed E-state index contributed by atoms with van der Waals surface area (Å²) in [6, 6.07) is -1.48. The SMILES string of the molecule is CC(C)(N)C(=O)N[C@@H](Cc1cnc[nH]1)C(=O)N1CCC[C@H]1C(N)=O. The smallest absolute Gasteiger partial charge is 0.246 e. The molecule has 1 aliphatic rings. The molecule has 6 N–H and O–H groups in total. The van der Waals surface area contributed by atoms with Crippen molar-refractivity contribution in [1.82, 2.24) is 20.2 Å². The Hall–Kier alpha value is -2.42. The molecule has 1 aromatic heterocycles. The maximum absolute atomic E-state index is 12.9. The van der Waals surface area contributed by atoms with Gasteiger partial charge in [0.1, 0.15) is 12.1 Å². The molecule has 9 heteroatoms. The van der Waals surface area contributed by atoms with E-state index in [9.17, 15) is 14.4 Å². The van der Waals surface area contributed by atoms with Crippen molar-refractivity contribution in [2.24, 2.45) is 11.5 Å². The molecular weight excluding hydrogens is 312 g/mol. The summed E-state index contributed by atoms with van der Waals surface area (Å²) in [5.41, 5.74) is 10.7. The Morgan fingerprint density at radius 1 is 1.50 bits per heavy atom. The maximum Gasteiger partial charge on any atom is 0.246 e. The fourth-order valence-electron chi connectivity index (χ4n) is 2.69. The first-order valence-corrected chi connectivity index (χ1v) is 7.87. The topological polar surface area (TPSA) is 147 Å². The normalized spacial score (nSPS) is 19.1. The van der Waals surface area contributed by atoms with Crippen LogP contribution >= 0.6 is 0 Å². The first-order chi connectivity index (χ1) is 11.2. The summed E-state index contributed by atoms with van der Waals surface area (Å²) in [6.45, 7) is 3.55. The van der Waals surface area contributed by atoms with E-state index in [0.717, 1.165) is 0 Å². The minimum Gasteiger partial charge on any atom is -0.368 e. The van der Waals surface area contributed by atoms with Gasteiger partial charge in [-0.2, -0.15) is 0 Å². The molecule has 1 fully saturated rings. The van der Waals surface area contributed by atoms with Crippen LogP contribution in [0.3, 0.4) is 0 Å².